The van der Waals surface area contributed by atoms with Gasteiger partial charge < -0.3 is 4.57 Å². The van der Waals surface area contributed by atoms with Crippen molar-refractivity contribution in [3.63, 3.8) is 0 Å². The number of aromatic amines is 1. The summed E-state index contributed by atoms with van der Waals surface area (Å²) in [6.45, 7) is 8.07. The fourth-order valence-corrected chi connectivity index (χ4v) is 2.62. The number of nitrogens with one attached hydrogen (secondary N) is 1. The lowest BCUT2D eigenvalue weighted by Gasteiger charge is -2.01. The summed E-state index contributed by atoms with van der Waals surface area (Å²) in [6, 6.07) is 1.94. The lowest BCUT2D eigenvalue weighted by molar-refractivity contribution is 0.102. The first kappa shape index (κ1) is 14.8. The van der Waals surface area contributed by atoms with Crippen LogP contribution in [0.15, 0.2) is 11.2 Å². The highest BCUT2D eigenvalue weighted by Gasteiger charge is 2.15. The Labute approximate surface area is 123 Å². The van der Waals surface area contributed by atoms with E-state index in [0.717, 1.165) is 22.8 Å². The zero-order valence-electron chi connectivity index (χ0n) is 12.5. The summed E-state index contributed by atoms with van der Waals surface area (Å²) in [4.78, 5) is 16.6. The van der Waals surface area contributed by atoms with Crippen LogP contribution in [0.3, 0.4) is 0 Å². The third-order valence-corrected chi connectivity index (χ3v) is 4.28. The van der Waals surface area contributed by atoms with Crippen molar-refractivity contribution in [3.8, 4) is 0 Å². The van der Waals surface area contributed by atoms with Crippen LogP contribution in [0.4, 0.5) is 0 Å². The van der Waals surface area contributed by atoms with Crippen molar-refractivity contribution in [2.75, 3.05) is 5.75 Å². The number of ketones is 1. The van der Waals surface area contributed by atoms with E-state index in [4.69, 9.17) is 0 Å². The minimum atomic E-state index is 0.118. The molecule has 0 atom stereocenters. The van der Waals surface area contributed by atoms with Gasteiger partial charge >= 0.3 is 0 Å². The Balaban J connectivity index is 2.03. The van der Waals surface area contributed by atoms with Gasteiger partial charge in [-0.25, -0.2) is 4.98 Å². The highest BCUT2D eigenvalue weighted by atomic mass is 32.2. The van der Waals surface area contributed by atoms with Crippen LogP contribution in [0.5, 0.6) is 0 Å². The van der Waals surface area contributed by atoms with E-state index in [9.17, 15) is 4.79 Å². The molecule has 2 aromatic heterocycles. The van der Waals surface area contributed by atoms with Gasteiger partial charge in [0, 0.05) is 29.9 Å². The van der Waals surface area contributed by atoms with Crippen molar-refractivity contribution >= 4 is 17.5 Å². The first-order valence-electron chi connectivity index (χ1n) is 6.61. The Morgan fingerprint density at radius 3 is 2.65 bits per heavy atom. The number of Topliss-reactive ketones (excluding diaryl/α,β-unsaturated/α-hetero) is 1. The van der Waals surface area contributed by atoms with Gasteiger partial charge in [0.15, 0.2) is 5.78 Å². The molecule has 0 aliphatic rings. The van der Waals surface area contributed by atoms with Crippen molar-refractivity contribution in [1.29, 1.82) is 0 Å². The average molecular weight is 292 g/mol. The molecule has 0 aliphatic heterocycles. The number of nitrogens with zero attached hydrogens (tertiary/aromatic N) is 3. The first-order chi connectivity index (χ1) is 9.40. The average Bonchev–Trinajstić information content (AvgIpc) is 2.97. The molecular formula is C14H20N4OS. The smallest absolute Gasteiger partial charge is 0.208 e. The highest BCUT2D eigenvalue weighted by molar-refractivity contribution is 7.99. The van der Waals surface area contributed by atoms with E-state index in [2.05, 4.69) is 29.0 Å². The van der Waals surface area contributed by atoms with Gasteiger partial charge in [0.25, 0.3) is 0 Å². The van der Waals surface area contributed by atoms with Crippen LogP contribution in [0, 0.1) is 13.8 Å². The molecule has 6 heteroatoms. The summed E-state index contributed by atoms with van der Waals surface area (Å²) in [7, 11) is 1.97. The molecule has 1 N–H and O–H groups in total. The number of hydrogen-bond acceptors (Lipinski definition) is 4. The van der Waals surface area contributed by atoms with E-state index >= 15 is 0 Å². The topological polar surface area (TPSA) is 63.6 Å². The third kappa shape index (κ3) is 2.95. The SMILES string of the molecule is Cc1cc(C(=O)CSc2n[nH]c(C(C)C)n2)c(C)n1C. The molecule has 0 saturated carbocycles. The molecule has 0 amide bonds. The number of hydrogen-bond donors (Lipinski definition) is 1. The van der Waals surface area contributed by atoms with Gasteiger partial charge in [0.05, 0.1) is 5.75 Å². The molecule has 108 valence electrons. The molecule has 2 heterocycles. The number of aryl methyl sites for hydroxylation is 1. The Bertz CT molecular complexity index is 627. The van der Waals surface area contributed by atoms with Crippen molar-refractivity contribution in [2.45, 2.75) is 38.8 Å². The molecule has 0 fully saturated rings. The summed E-state index contributed by atoms with van der Waals surface area (Å²) >= 11 is 1.37. The molecule has 0 radical (unpaired) electrons. The van der Waals surface area contributed by atoms with Gasteiger partial charge in [-0.05, 0) is 19.9 Å². The number of carbonyl (C=O) groups excluding carboxylic acids is 1. The number of carbonyl (C=O) groups is 1. The van der Waals surface area contributed by atoms with Crippen LogP contribution in [-0.4, -0.2) is 31.3 Å². The predicted octanol–water partition coefficient (Wildman–Crippen LogP) is 2.86. The second kappa shape index (κ2) is 5.83. The summed E-state index contributed by atoms with van der Waals surface area (Å²) in [5, 5.41) is 7.65. The molecule has 0 unspecified atom stereocenters. The van der Waals surface area contributed by atoms with Gasteiger partial charge in [0.2, 0.25) is 5.16 Å². The molecule has 5 nitrogen and oxygen atoms in total. The fraction of sp³-hybridized carbons (Fsp3) is 0.500. The molecule has 0 aliphatic carbocycles. The lowest BCUT2D eigenvalue weighted by Crippen LogP contribution is -2.04. The van der Waals surface area contributed by atoms with Crippen LogP contribution < -0.4 is 0 Å². The van der Waals surface area contributed by atoms with Crippen LogP contribution in [0.1, 0.15) is 47.3 Å². The highest BCUT2D eigenvalue weighted by Crippen LogP contribution is 2.20. The van der Waals surface area contributed by atoms with Gasteiger partial charge in [-0.1, -0.05) is 25.6 Å². The Morgan fingerprint density at radius 1 is 1.45 bits per heavy atom. The van der Waals surface area contributed by atoms with Crippen molar-refractivity contribution in [3.05, 3.63) is 28.8 Å². The van der Waals surface area contributed by atoms with E-state index in [1.807, 2.05) is 31.5 Å². The normalized spacial score (nSPS) is 11.3. The van der Waals surface area contributed by atoms with Crippen molar-refractivity contribution in [2.24, 2.45) is 7.05 Å². The maximum atomic E-state index is 12.2. The first-order valence-corrected chi connectivity index (χ1v) is 7.60. The van der Waals surface area contributed by atoms with Crippen molar-refractivity contribution < 1.29 is 4.79 Å². The monoisotopic (exact) mass is 292 g/mol. The lowest BCUT2D eigenvalue weighted by atomic mass is 10.2. The summed E-state index contributed by atoms with van der Waals surface area (Å²) < 4.78 is 2.03. The Hall–Kier alpha value is -1.56. The summed E-state index contributed by atoms with van der Waals surface area (Å²) in [5.41, 5.74) is 2.89. The fourth-order valence-electron chi connectivity index (χ4n) is 1.93. The Morgan fingerprint density at radius 2 is 2.15 bits per heavy atom. The molecule has 0 bridgehead atoms. The van der Waals surface area contributed by atoms with E-state index < -0.39 is 0 Å². The summed E-state index contributed by atoms with van der Waals surface area (Å²) in [5.74, 6) is 1.64. The molecule has 0 saturated heterocycles. The standard InChI is InChI=1S/C14H20N4OS/c1-8(2)13-15-14(17-16-13)20-7-12(19)11-6-9(3)18(5)10(11)4/h6,8H,7H2,1-5H3,(H,15,16,17). The second-order valence-electron chi connectivity index (χ2n) is 5.21. The van der Waals surface area contributed by atoms with E-state index in [0.29, 0.717) is 16.8 Å². The van der Waals surface area contributed by atoms with Crippen LogP contribution in [0.2, 0.25) is 0 Å². The maximum absolute atomic E-state index is 12.2. The molecule has 2 rings (SSSR count). The molecular weight excluding hydrogens is 272 g/mol. The van der Waals surface area contributed by atoms with Gasteiger partial charge in [0.1, 0.15) is 5.82 Å². The van der Waals surface area contributed by atoms with Crippen molar-refractivity contribution in [1.82, 2.24) is 19.7 Å². The van der Waals surface area contributed by atoms with Crippen LogP contribution in [-0.2, 0) is 7.05 Å². The quantitative estimate of drug-likeness (QED) is 0.680. The predicted molar refractivity (Wildman–Crippen MR) is 80.4 cm³/mol. The number of H-pyrrole nitrogens is 1. The van der Waals surface area contributed by atoms with Gasteiger partial charge in [-0.15, -0.1) is 5.10 Å². The van der Waals surface area contributed by atoms with Gasteiger partial charge in [-0.2, -0.15) is 0 Å². The van der Waals surface area contributed by atoms with Crippen LogP contribution >= 0.6 is 11.8 Å². The third-order valence-electron chi connectivity index (χ3n) is 3.44. The van der Waals surface area contributed by atoms with E-state index in [-0.39, 0.29) is 5.78 Å². The molecule has 0 aromatic carbocycles. The zero-order valence-corrected chi connectivity index (χ0v) is 13.3. The minimum absolute atomic E-state index is 0.118. The van der Waals surface area contributed by atoms with Crippen LogP contribution in [0.25, 0.3) is 0 Å². The molecule has 20 heavy (non-hydrogen) atoms. The largest absolute Gasteiger partial charge is 0.351 e. The molecule has 2 aromatic rings. The maximum Gasteiger partial charge on any atom is 0.208 e. The zero-order chi connectivity index (χ0) is 14.9. The number of aromatic nitrogens is 4. The van der Waals surface area contributed by atoms with E-state index in [1.165, 1.54) is 11.8 Å². The molecule has 0 spiro atoms. The minimum Gasteiger partial charge on any atom is -0.351 e. The summed E-state index contributed by atoms with van der Waals surface area (Å²) in [6.07, 6.45) is 0. The number of thioether (sulfide) groups is 1. The number of rotatable bonds is 5. The van der Waals surface area contributed by atoms with Gasteiger partial charge in [-0.3, -0.25) is 9.89 Å². The second-order valence-corrected chi connectivity index (χ2v) is 6.16. The van der Waals surface area contributed by atoms with E-state index in [1.54, 1.807) is 0 Å². The Kier molecular flexibility index (Phi) is 4.32.